The van der Waals surface area contributed by atoms with Crippen LogP contribution in [0.4, 0.5) is 0 Å². The summed E-state index contributed by atoms with van der Waals surface area (Å²) in [5.41, 5.74) is 0.121. The van der Waals surface area contributed by atoms with Crippen LogP contribution in [-0.2, 0) is 14.3 Å². The molecular formula is C12H20N2O3S. The highest BCUT2D eigenvalue weighted by atomic mass is 32.2. The molecule has 5 nitrogen and oxygen atoms in total. The molecule has 18 heavy (non-hydrogen) atoms. The molecule has 0 aliphatic carbocycles. The highest BCUT2D eigenvalue weighted by molar-refractivity contribution is 8.14. The van der Waals surface area contributed by atoms with E-state index in [9.17, 15) is 4.79 Å². The van der Waals surface area contributed by atoms with Crippen molar-refractivity contribution in [1.29, 1.82) is 0 Å². The Labute approximate surface area is 112 Å². The molecule has 1 N–H and O–H groups in total. The third-order valence-electron chi connectivity index (χ3n) is 3.25. The summed E-state index contributed by atoms with van der Waals surface area (Å²) in [6.45, 7) is 5.57. The van der Waals surface area contributed by atoms with Crippen molar-refractivity contribution in [2.24, 2.45) is 4.99 Å². The average molecular weight is 272 g/mol. The van der Waals surface area contributed by atoms with E-state index >= 15 is 0 Å². The lowest BCUT2D eigenvalue weighted by Crippen LogP contribution is -2.48. The predicted molar refractivity (Wildman–Crippen MR) is 71.9 cm³/mol. The Bertz CT molecular complexity index is 340. The smallest absolute Gasteiger partial charge is 0.330 e. The topological polar surface area (TPSA) is 59.9 Å². The summed E-state index contributed by atoms with van der Waals surface area (Å²) in [4.78, 5) is 15.9. The first-order chi connectivity index (χ1) is 8.65. The molecule has 2 saturated heterocycles. The van der Waals surface area contributed by atoms with Gasteiger partial charge in [-0.1, -0.05) is 11.8 Å². The van der Waals surface area contributed by atoms with E-state index in [0.717, 1.165) is 37.0 Å². The van der Waals surface area contributed by atoms with Crippen LogP contribution in [0.15, 0.2) is 4.99 Å². The normalized spacial score (nSPS) is 26.0. The summed E-state index contributed by atoms with van der Waals surface area (Å²) in [6, 6.07) is -0.435. The molecule has 0 aromatic carbocycles. The van der Waals surface area contributed by atoms with Gasteiger partial charge in [0.05, 0.1) is 12.1 Å². The van der Waals surface area contributed by atoms with Crippen molar-refractivity contribution in [3.63, 3.8) is 0 Å². The van der Waals surface area contributed by atoms with Crippen LogP contribution >= 0.6 is 11.8 Å². The van der Waals surface area contributed by atoms with E-state index in [-0.39, 0.29) is 11.5 Å². The second kappa shape index (κ2) is 5.93. The number of nitrogens with zero attached hydrogens (tertiary/aromatic N) is 1. The molecule has 2 fully saturated rings. The average Bonchev–Trinajstić information content (AvgIpc) is 2.73. The maximum atomic E-state index is 11.5. The van der Waals surface area contributed by atoms with E-state index in [1.807, 2.05) is 0 Å². The molecule has 0 bridgehead atoms. The Kier molecular flexibility index (Phi) is 4.50. The monoisotopic (exact) mass is 272 g/mol. The molecule has 2 aliphatic rings. The summed E-state index contributed by atoms with van der Waals surface area (Å²) in [5.74, 6) is 0.741. The number of thioether (sulfide) groups is 1. The summed E-state index contributed by atoms with van der Waals surface area (Å²) in [6.07, 6.45) is 2.01. The number of hydrogen-bond donors (Lipinski definition) is 1. The minimum Gasteiger partial charge on any atom is -0.464 e. The molecule has 2 aliphatic heterocycles. The number of rotatable bonds is 3. The van der Waals surface area contributed by atoms with E-state index in [0.29, 0.717) is 6.61 Å². The van der Waals surface area contributed by atoms with Gasteiger partial charge in [-0.25, -0.2) is 9.79 Å². The molecule has 0 saturated carbocycles. The first-order valence-electron chi connectivity index (χ1n) is 6.38. The predicted octanol–water partition coefficient (Wildman–Crippen LogP) is 1.18. The zero-order chi connectivity index (χ0) is 13.0. The Morgan fingerprint density at radius 2 is 2.33 bits per heavy atom. The van der Waals surface area contributed by atoms with Crippen LogP contribution in [0.2, 0.25) is 0 Å². The quantitative estimate of drug-likeness (QED) is 0.782. The molecule has 2 heterocycles. The van der Waals surface area contributed by atoms with Gasteiger partial charge in [0.15, 0.2) is 5.17 Å². The molecule has 102 valence electrons. The van der Waals surface area contributed by atoms with Gasteiger partial charge >= 0.3 is 5.97 Å². The Morgan fingerprint density at radius 3 is 3.00 bits per heavy atom. The zero-order valence-corrected chi connectivity index (χ0v) is 11.7. The second-order valence-corrected chi connectivity index (χ2v) is 5.63. The number of esters is 1. The van der Waals surface area contributed by atoms with Gasteiger partial charge in [0.2, 0.25) is 0 Å². The van der Waals surface area contributed by atoms with Crippen molar-refractivity contribution in [1.82, 2.24) is 5.32 Å². The summed E-state index contributed by atoms with van der Waals surface area (Å²) in [7, 11) is 0. The number of ether oxygens (including phenoxy) is 2. The lowest BCUT2D eigenvalue weighted by Gasteiger charge is -2.32. The van der Waals surface area contributed by atoms with E-state index in [2.05, 4.69) is 10.3 Å². The van der Waals surface area contributed by atoms with Crippen LogP contribution in [0.3, 0.4) is 0 Å². The maximum Gasteiger partial charge on any atom is 0.330 e. The highest BCUT2D eigenvalue weighted by Gasteiger charge is 2.38. The number of amidine groups is 1. The van der Waals surface area contributed by atoms with E-state index in [1.165, 1.54) is 0 Å². The molecule has 1 atom stereocenters. The van der Waals surface area contributed by atoms with Gasteiger partial charge in [-0.3, -0.25) is 0 Å². The van der Waals surface area contributed by atoms with Crippen molar-refractivity contribution < 1.29 is 14.3 Å². The van der Waals surface area contributed by atoms with Gasteiger partial charge in [0.25, 0.3) is 0 Å². The van der Waals surface area contributed by atoms with Gasteiger partial charge < -0.3 is 14.8 Å². The Morgan fingerprint density at radius 1 is 1.61 bits per heavy atom. The lowest BCUT2D eigenvalue weighted by molar-refractivity contribution is -0.144. The van der Waals surface area contributed by atoms with Gasteiger partial charge in [-0.15, -0.1) is 0 Å². The SMILES string of the molecule is CCOC(=O)C(C)N=C1NC2(CCOCC2)CS1. The lowest BCUT2D eigenvalue weighted by atomic mass is 9.93. The Balaban J connectivity index is 1.93. The molecular weight excluding hydrogens is 252 g/mol. The van der Waals surface area contributed by atoms with E-state index < -0.39 is 6.04 Å². The maximum absolute atomic E-state index is 11.5. The van der Waals surface area contributed by atoms with Gasteiger partial charge in [0, 0.05) is 19.0 Å². The molecule has 0 radical (unpaired) electrons. The zero-order valence-electron chi connectivity index (χ0n) is 10.9. The van der Waals surface area contributed by atoms with Crippen molar-refractivity contribution in [2.75, 3.05) is 25.6 Å². The molecule has 0 aromatic heterocycles. The van der Waals surface area contributed by atoms with Crippen LogP contribution in [0.5, 0.6) is 0 Å². The second-order valence-electron chi connectivity index (χ2n) is 4.67. The molecule has 6 heteroatoms. The largest absolute Gasteiger partial charge is 0.464 e. The van der Waals surface area contributed by atoms with Crippen molar-refractivity contribution in [3.05, 3.63) is 0 Å². The van der Waals surface area contributed by atoms with E-state index in [4.69, 9.17) is 9.47 Å². The third-order valence-corrected chi connectivity index (χ3v) is 4.42. The third kappa shape index (κ3) is 3.17. The van der Waals surface area contributed by atoms with Crippen LogP contribution in [0.25, 0.3) is 0 Å². The van der Waals surface area contributed by atoms with Gasteiger partial charge in [0.1, 0.15) is 6.04 Å². The first kappa shape index (κ1) is 13.7. The summed E-state index contributed by atoms with van der Waals surface area (Å²) >= 11 is 1.69. The minimum absolute atomic E-state index is 0.121. The fraction of sp³-hybridized carbons (Fsp3) is 0.833. The first-order valence-corrected chi connectivity index (χ1v) is 7.37. The number of nitrogens with one attached hydrogen (secondary N) is 1. The fourth-order valence-corrected chi connectivity index (χ4v) is 3.39. The standard InChI is InChI=1S/C12H20N2O3S/c1-3-17-10(15)9(2)13-11-14-12(8-18-11)4-6-16-7-5-12/h9H,3-8H2,1-2H3,(H,13,14). The molecule has 2 rings (SSSR count). The van der Waals surface area contributed by atoms with Crippen molar-refractivity contribution >= 4 is 22.9 Å². The van der Waals surface area contributed by atoms with Crippen LogP contribution in [0, 0.1) is 0 Å². The number of hydrogen-bond acceptors (Lipinski definition) is 5. The number of carbonyl (C=O) groups excluding carboxylic acids is 1. The van der Waals surface area contributed by atoms with Crippen LogP contribution in [0.1, 0.15) is 26.7 Å². The van der Waals surface area contributed by atoms with Crippen molar-refractivity contribution in [2.45, 2.75) is 38.3 Å². The summed E-state index contributed by atoms with van der Waals surface area (Å²) < 4.78 is 10.3. The van der Waals surface area contributed by atoms with Crippen LogP contribution in [-0.4, -0.2) is 48.3 Å². The number of carbonyl (C=O) groups is 1. The Hall–Kier alpha value is -0.750. The molecule has 1 unspecified atom stereocenters. The summed E-state index contributed by atoms with van der Waals surface area (Å²) in [5, 5.41) is 4.32. The van der Waals surface area contributed by atoms with Crippen molar-refractivity contribution in [3.8, 4) is 0 Å². The number of aliphatic imine (C=N–C) groups is 1. The van der Waals surface area contributed by atoms with Gasteiger partial charge in [-0.2, -0.15) is 0 Å². The van der Waals surface area contributed by atoms with Gasteiger partial charge in [-0.05, 0) is 26.7 Å². The molecule has 0 amide bonds. The highest BCUT2D eigenvalue weighted by Crippen LogP contribution is 2.31. The fourth-order valence-electron chi connectivity index (χ4n) is 2.10. The minimum atomic E-state index is -0.435. The van der Waals surface area contributed by atoms with Crippen LogP contribution < -0.4 is 5.32 Å². The molecule has 1 spiro atoms. The molecule has 0 aromatic rings. The van der Waals surface area contributed by atoms with E-state index in [1.54, 1.807) is 25.6 Å².